The van der Waals surface area contributed by atoms with Gasteiger partial charge in [-0.15, -0.1) is 0 Å². The molecule has 0 aromatic heterocycles. The highest BCUT2D eigenvalue weighted by atomic mass is 19.4. The molecule has 2 aliphatic rings. The number of amides is 1. The van der Waals surface area contributed by atoms with E-state index >= 15 is 0 Å². The summed E-state index contributed by atoms with van der Waals surface area (Å²) >= 11 is 0. The molecule has 1 saturated heterocycles. The second kappa shape index (κ2) is 5.02. The average molecular weight is 279 g/mol. The Hall–Kier alpha value is -1.27. The van der Waals surface area contributed by atoms with Crippen LogP contribution in [0.3, 0.4) is 0 Å². The number of likely N-dealkylation sites (tertiary alicyclic amines) is 1. The van der Waals surface area contributed by atoms with Crippen molar-refractivity contribution in [2.24, 2.45) is 17.8 Å². The van der Waals surface area contributed by atoms with Crippen LogP contribution in [0.4, 0.5) is 13.2 Å². The van der Waals surface area contributed by atoms with E-state index in [2.05, 4.69) is 0 Å². The van der Waals surface area contributed by atoms with Crippen molar-refractivity contribution in [1.29, 1.82) is 0 Å². The van der Waals surface area contributed by atoms with E-state index in [1.54, 1.807) is 0 Å². The molecule has 2 atom stereocenters. The van der Waals surface area contributed by atoms with Crippen LogP contribution in [-0.2, 0) is 9.59 Å². The molecule has 2 rings (SSSR count). The number of aliphatic carboxylic acids is 1. The summed E-state index contributed by atoms with van der Waals surface area (Å²) in [6, 6.07) is 0. The Morgan fingerprint density at radius 3 is 2.26 bits per heavy atom. The molecule has 108 valence electrons. The summed E-state index contributed by atoms with van der Waals surface area (Å²) in [5.41, 5.74) is 0. The monoisotopic (exact) mass is 279 g/mol. The molecule has 0 radical (unpaired) electrons. The first kappa shape index (κ1) is 14.1. The molecule has 1 saturated carbocycles. The van der Waals surface area contributed by atoms with Crippen LogP contribution in [0.1, 0.15) is 25.7 Å². The van der Waals surface area contributed by atoms with Gasteiger partial charge in [0.2, 0.25) is 5.91 Å². The van der Waals surface area contributed by atoms with Crippen molar-refractivity contribution in [3.8, 4) is 0 Å². The SMILES string of the molecule is O=C(O)[C@@H]1CN(C(=O)CCC2CC2)C[C@H]1C(F)(F)F. The molecule has 1 amide bonds. The average Bonchev–Trinajstić information content (AvgIpc) is 2.99. The molecule has 1 N–H and O–H groups in total. The van der Waals surface area contributed by atoms with Gasteiger partial charge in [-0.1, -0.05) is 12.8 Å². The zero-order valence-electron chi connectivity index (χ0n) is 10.3. The molecule has 0 aromatic carbocycles. The van der Waals surface area contributed by atoms with Gasteiger partial charge in [0, 0.05) is 19.5 Å². The molecule has 4 nitrogen and oxygen atoms in total. The normalized spacial score (nSPS) is 27.6. The lowest BCUT2D eigenvalue weighted by molar-refractivity contribution is -0.188. The Kier molecular flexibility index (Phi) is 3.73. The molecule has 2 fully saturated rings. The van der Waals surface area contributed by atoms with E-state index in [0.29, 0.717) is 12.3 Å². The van der Waals surface area contributed by atoms with Gasteiger partial charge in [0.05, 0.1) is 11.8 Å². The van der Waals surface area contributed by atoms with Gasteiger partial charge in [0.25, 0.3) is 0 Å². The van der Waals surface area contributed by atoms with Crippen LogP contribution in [0.5, 0.6) is 0 Å². The number of carbonyl (C=O) groups excluding carboxylic acids is 1. The lowest BCUT2D eigenvalue weighted by atomic mass is 9.96. The second-order valence-corrected chi connectivity index (χ2v) is 5.37. The van der Waals surface area contributed by atoms with Crippen LogP contribution >= 0.6 is 0 Å². The number of hydrogen-bond donors (Lipinski definition) is 1. The third kappa shape index (κ3) is 3.39. The highest BCUT2D eigenvalue weighted by Gasteiger charge is 2.53. The molecule has 1 aliphatic heterocycles. The van der Waals surface area contributed by atoms with Crippen LogP contribution in [0.2, 0.25) is 0 Å². The fraction of sp³-hybridized carbons (Fsp3) is 0.833. The van der Waals surface area contributed by atoms with E-state index in [1.165, 1.54) is 0 Å². The molecular formula is C12H16F3NO3. The number of carboxylic acids is 1. The summed E-state index contributed by atoms with van der Waals surface area (Å²) in [5.74, 6) is -4.80. The van der Waals surface area contributed by atoms with Gasteiger partial charge in [0.1, 0.15) is 0 Å². The lowest BCUT2D eigenvalue weighted by Crippen LogP contribution is -2.34. The summed E-state index contributed by atoms with van der Waals surface area (Å²) in [5, 5.41) is 8.84. The molecule has 0 unspecified atom stereocenters. The van der Waals surface area contributed by atoms with Gasteiger partial charge < -0.3 is 10.0 Å². The van der Waals surface area contributed by atoms with E-state index in [4.69, 9.17) is 5.11 Å². The third-order valence-corrected chi connectivity index (χ3v) is 3.87. The Morgan fingerprint density at radius 2 is 1.84 bits per heavy atom. The van der Waals surface area contributed by atoms with Crippen molar-refractivity contribution in [3.05, 3.63) is 0 Å². The van der Waals surface area contributed by atoms with E-state index in [9.17, 15) is 22.8 Å². The van der Waals surface area contributed by atoms with Crippen molar-refractivity contribution >= 4 is 11.9 Å². The number of rotatable bonds is 4. The maximum Gasteiger partial charge on any atom is 0.394 e. The fourth-order valence-electron chi connectivity index (χ4n) is 2.48. The maximum atomic E-state index is 12.7. The molecule has 0 aromatic rings. The minimum atomic E-state index is -4.57. The molecule has 0 bridgehead atoms. The summed E-state index contributed by atoms with van der Waals surface area (Å²) in [6.07, 6.45) is -1.49. The highest BCUT2D eigenvalue weighted by Crippen LogP contribution is 2.38. The zero-order valence-corrected chi connectivity index (χ0v) is 10.3. The van der Waals surface area contributed by atoms with Crippen molar-refractivity contribution in [2.45, 2.75) is 31.9 Å². The zero-order chi connectivity index (χ0) is 14.2. The van der Waals surface area contributed by atoms with E-state index in [-0.39, 0.29) is 18.9 Å². The first-order chi connectivity index (χ1) is 8.79. The molecule has 1 aliphatic carbocycles. The van der Waals surface area contributed by atoms with Crippen LogP contribution < -0.4 is 0 Å². The Balaban J connectivity index is 1.96. The van der Waals surface area contributed by atoms with Gasteiger partial charge in [-0.3, -0.25) is 9.59 Å². The van der Waals surface area contributed by atoms with Gasteiger partial charge in [-0.25, -0.2) is 0 Å². The Bertz CT molecular complexity index is 379. The first-order valence-corrected chi connectivity index (χ1v) is 6.36. The number of carboxylic acid groups (broad SMARTS) is 1. The topological polar surface area (TPSA) is 57.6 Å². The van der Waals surface area contributed by atoms with Crippen molar-refractivity contribution in [3.63, 3.8) is 0 Å². The maximum absolute atomic E-state index is 12.7. The summed E-state index contributed by atoms with van der Waals surface area (Å²) in [6.45, 7) is -0.854. The second-order valence-electron chi connectivity index (χ2n) is 5.37. The van der Waals surface area contributed by atoms with Gasteiger partial charge in [-0.2, -0.15) is 13.2 Å². The minimum absolute atomic E-state index is 0.224. The number of carbonyl (C=O) groups is 2. The van der Waals surface area contributed by atoms with Gasteiger partial charge >= 0.3 is 12.1 Å². The van der Waals surface area contributed by atoms with Crippen LogP contribution in [-0.4, -0.2) is 41.1 Å². The van der Waals surface area contributed by atoms with Crippen molar-refractivity contribution in [2.75, 3.05) is 13.1 Å². The van der Waals surface area contributed by atoms with Gasteiger partial charge in [0.15, 0.2) is 0 Å². The van der Waals surface area contributed by atoms with E-state index in [0.717, 1.165) is 17.7 Å². The number of alkyl halides is 3. The first-order valence-electron chi connectivity index (χ1n) is 6.36. The minimum Gasteiger partial charge on any atom is -0.481 e. The molecule has 7 heteroatoms. The van der Waals surface area contributed by atoms with Gasteiger partial charge in [-0.05, 0) is 12.3 Å². The lowest BCUT2D eigenvalue weighted by Gasteiger charge is -2.18. The third-order valence-electron chi connectivity index (χ3n) is 3.87. The van der Waals surface area contributed by atoms with Crippen LogP contribution in [0.25, 0.3) is 0 Å². The molecular weight excluding hydrogens is 263 g/mol. The number of nitrogens with zero attached hydrogens (tertiary/aromatic N) is 1. The highest BCUT2D eigenvalue weighted by molar-refractivity contribution is 5.79. The number of halogens is 3. The largest absolute Gasteiger partial charge is 0.481 e. The van der Waals surface area contributed by atoms with E-state index < -0.39 is 30.5 Å². The summed E-state index contributed by atoms with van der Waals surface area (Å²) in [7, 11) is 0. The van der Waals surface area contributed by atoms with Crippen molar-refractivity contribution < 1.29 is 27.9 Å². The fourth-order valence-corrected chi connectivity index (χ4v) is 2.48. The summed E-state index contributed by atoms with van der Waals surface area (Å²) in [4.78, 5) is 23.7. The molecule has 1 heterocycles. The predicted octanol–water partition coefficient (Wildman–Crippen LogP) is 1.90. The smallest absolute Gasteiger partial charge is 0.394 e. The molecule has 0 spiro atoms. The molecule has 19 heavy (non-hydrogen) atoms. The predicted molar refractivity (Wildman–Crippen MR) is 59.2 cm³/mol. The van der Waals surface area contributed by atoms with Crippen LogP contribution in [0, 0.1) is 17.8 Å². The van der Waals surface area contributed by atoms with E-state index in [1.807, 2.05) is 0 Å². The Morgan fingerprint density at radius 1 is 1.21 bits per heavy atom. The van der Waals surface area contributed by atoms with Crippen molar-refractivity contribution in [1.82, 2.24) is 4.90 Å². The summed E-state index contributed by atoms with van der Waals surface area (Å²) < 4.78 is 38.2. The standard InChI is InChI=1S/C12H16F3NO3/c13-12(14,15)9-6-16(5-8(9)11(18)19)10(17)4-3-7-1-2-7/h7-9H,1-6H2,(H,18,19)/t8-,9-/m1/s1. The quantitative estimate of drug-likeness (QED) is 0.855. The Labute approximate surface area is 108 Å². The van der Waals surface area contributed by atoms with Crippen LogP contribution in [0.15, 0.2) is 0 Å². The number of hydrogen-bond acceptors (Lipinski definition) is 2.